The predicted octanol–water partition coefficient (Wildman–Crippen LogP) is 11.0. The second-order valence-corrected chi connectivity index (χ2v) is 13.2. The first-order valence-corrected chi connectivity index (χ1v) is 17.0. The maximum absolute atomic E-state index is 6.57. The van der Waals surface area contributed by atoms with E-state index >= 15 is 0 Å². The standard InChI is InChI=1S/C45H27N5O.Pd/c1-26-10-9-11-27(2)42(26)38-23-22-33-31-21-19-29(25-35(31)45-47-37-14-5-8-17-41(37)50(45)43(33)48-38)51-28-18-20-30-32-12-3-6-15-39(32)49-40-16-7-4-13-36(40)46-44(49)34(30)24-28;/h3-23H,1-2H3;/q-2;+2. The van der Waals surface area contributed by atoms with Gasteiger partial charge >= 0.3 is 20.4 Å². The first kappa shape index (κ1) is 30.7. The van der Waals surface area contributed by atoms with Gasteiger partial charge in [-0.2, -0.15) is 0 Å². The van der Waals surface area contributed by atoms with Gasteiger partial charge in [-0.1, -0.05) is 113 Å². The second kappa shape index (κ2) is 11.4. The fourth-order valence-corrected chi connectivity index (χ4v) is 7.92. The molecule has 11 rings (SSSR count). The molecule has 5 heterocycles. The van der Waals surface area contributed by atoms with Gasteiger partial charge in [0, 0.05) is 22.6 Å². The zero-order chi connectivity index (χ0) is 33.8. The summed E-state index contributed by atoms with van der Waals surface area (Å²) in [7, 11) is 0. The molecule has 0 radical (unpaired) electrons. The number of para-hydroxylation sites is 5. The van der Waals surface area contributed by atoms with E-state index in [0.29, 0.717) is 11.5 Å². The first-order chi connectivity index (χ1) is 25.1. The monoisotopic (exact) mass is 759 g/mol. The van der Waals surface area contributed by atoms with Gasteiger partial charge in [0.25, 0.3) is 0 Å². The number of hydrogen-bond donors (Lipinski definition) is 0. The zero-order valence-electron chi connectivity index (χ0n) is 28.1. The Balaban J connectivity index is 0.00000338. The molecule has 0 unspecified atom stereocenters. The summed E-state index contributed by atoms with van der Waals surface area (Å²) in [6, 6.07) is 50.9. The van der Waals surface area contributed by atoms with Crippen molar-refractivity contribution < 1.29 is 25.2 Å². The Kier molecular flexibility index (Phi) is 6.75. The molecule has 0 saturated heterocycles. The van der Waals surface area contributed by atoms with Gasteiger partial charge in [-0.3, -0.25) is 9.97 Å². The molecule has 0 amide bonds. The van der Waals surface area contributed by atoms with Gasteiger partial charge in [0.05, 0.1) is 39.1 Å². The van der Waals surface area contributed by atoms with Crippen molar-refractivity contribution in [2.24, 2.45) is 0 Å². The summed E-state index contributed by atoms with van der Waals surface area (Å²) >= 11 is 0. The van der Waals surface area contributed by atoms with Crippen molar-refractivity contribution in [1.82, 2.24) is 23.8 Å². The molecule has 52 heavy (non-hydrogen) atoms. The molecule has 11 aromatic rings. The van der Waals surface area contributed by atoms with Crippen molar-refractivity contribution in [1.29, 1.82) is 0 Å². The Morgan fingerprint density at radius 3 is 1.67 bits per heavy atom. The van der Waals surface area contributed by atoms with Gasteiger partial charge in [0.1, 0.15) is 5.65 Å². The number of ether oxygens (including phenoxy) is 1. The van der Waals surface area contributed by atoms with Gasteiger partial charge in [0.2, 0.25) is 0 Å². The summed E-state index contributed by atoms with van der Waals surface area (Å²) in [5.74, 6) is 1.17. The minimum absolute atomic E-state index is 0. The third-order valence-corrected chi connectivity index (χ3v) is 10.2. The molecule has 0 spiro atoms. The van der Waals surface area contributed by atoms with Crippen LogP contribution in [0.3, 0.4) is 0 Å². The maximum Gasteiger partial charge on any atom is 2.00 e. The van der Waals surface area contributed by atoms with E-state index in [9.17, 15) is 0 Å². The van der Waals surface area contributed by atoms with Crippen LogP contribution in [0.5, 0.6) is 11.5 Å². The van der Waals surface area contributed by atoms with Crippen LogP contribution in [0.2, 0.25) is 0 Å². The molecule has 0 fully saturated rings. The average molecular weight is 760 g/mol. The fraction of sp³-hybridized carbons (Fsp3) is 0.0444. The van der Waals surface area contributed by atoms with Crippen LogP contribution in [0.4, 0.5) is 0 Å². The molecular formula is C45H27N5OPd. The van der Waals surface area contributed by atoms with Gasteiger partial charge in [0.15, 0.2) is 0 Å². The number of imidazole rings is 2. The molecule has 0 aliphatic rings. The molecule has 0 saturated carbocycles. The normalized spacial score (nSPS) is 11.9. The molecule has 0 aliphatic heterocycles. The number of hydrogen-bond acceptors (Lipinski definition) is 4. The quantitative estimate of drug-likeness (QED) is 0.102. The molecule has 5 aromatic heterocycles. The van der Waals surface area contributed by atoms with Crippen molar-refractivity contribution in [2.45, 2.75) is 13.8 Å². The van der Waals surface area contributed by atoms with Gasteiger partial charge in [-0.25, -0.2) is 4.98 Å². The smallest absolute Gasteiger partial charge is 0.497 e. The number of rotatable bonds is 3. The van der Waals surface area contributed by atoms with E-state index in [-0.39, 0.29) is 20.4 Å². The van der Waals surface area contributed by atoms with Crippen LogP contribution in [-0.4, -0.2) is 23.8 Å². The van der Waals surface area contributed by atoms with Crippen LogP contribution < -0.4 is 4.74 Å². The molecule has 0 N–H and O–H groups in total. The Labute approximate surface area is 311 Å². The number of aromatic nitrogens is 5. The van der Waals surface area contributed by atoms with Crippen molar-refractivity contribution in [3.63, 3.8) is 0 Å². The Morgan fingerprint density at radius 1 is 0.462 bits per heavy atom. The fourth-order valence-electron chi connectivity index (χ4n) is 7.92. The average Bonchev–Trinajstić information content (AvgIpc) is 3.75. The van der Waals surface area contributed by atoms with E-state index in [2.05, 4.69) is 126 Å². The molecule has 0 aliphatic carbocycles. The molecule has 0 atom stereocenters. The minimum Gasteiger partial charge on any atom is -0.497 e. The van der Waals surface area contributed by atoms with Crippen LogP contribution >= 0.6 is 0 Å². The van der Waals surface area contributed by atoms with E-state index in [4.69, 9.17) is 19.7 Å². The SMILES string of the molecule is Cc1cccc(C)c1-c1ccc2c3ccc(Oc4[c-]c5c(cc4)c4ccccc4n4c6ccccc6nc54)[c-]c3c3nc4ccccc4n3c2n1.[Pd+2]. The van der Waals surface area contributed by atoms with E-state index < -0.39 is 0 Å². The number of pyridine rings is 3. The molecule has 0 bridgehead atoms. The minimum atomic E-state index is 0. The van der Waals surface area contributed by atoms with Crippen LogP contribution in [0.25, 0.3) is 88.1 Å². The van der Waals surface area contributed by atoms with E-state index in [1.165, 1.54) is 11.1 Å². The number of aryl methyl sites for hydroxylation is 2. The maximum atomic E-state index is 6.57. The third kappa shape index (κ3) is 4.37. The second-order valence-electron chi connectivity index (χ2n) is 13.2. The number of benzene rings is 6. The molecule has 248 valence electrons. The topological polar surface area (TPSA) is 56.7 Å². The van der Waals surface area contributed by atoms with Crippen LogP contribution in [-0.2, 0) is 20.4 Å². The van der Waals surface area contributed by atoms with Crippen molar-refractivity contribution in [2.75, 3.05) is 0 Å². The largest absolute Gasteiger partial charge is 2.00 e. The molecule has 7 heteroatoms. The molecular weight excluding hydrogens is 733 g/mol. The van der Waals surface area contributed by atoms with Crippen LogP contribution in [0.1, 0.15) is 11.1 Å². The summed E-state index contributed by atoms with van der Waals surface area (Å²) in [5.41, 5.74) is 12.0. The van der Waals surface area contributed by atoms with Crippen molar-refractivity contribution in [3.05, 3.63) is 151 Å². The third-order valence-electron chi connectivity index (χ3n) is 10.2. The van der Waals surface area contributed by atoms with E-state index in [1.807, 2.05) is 36.4 Å². The molecule has 6 nitrogen and oxygen atoms in total. The Morgan fingerprint density at radius 2 is 1.00 bits per heavy atom. The summed E-state index contributed by atoms with van der Waals surface area (Å²) in [5, 5.41) is 6.02. The number of nitrogens with zero attached hydrogens (tertiary/aromatic N) is 5. The van der Waals surface area contributed by atoms with Gasteiger partial charge in [-0.05, 0) is 72.1 Å². The predicted molar refractivity (Wildman–Crippen MR) is 206 cm³/mol. The zero-order valence-corrected chi connectivity index (χ0v) is 29.6. The Bertz CT molecular complexity index is 3250. The van der Waals surface area contributed by atoms with Crippen molar-refractivity contribution in [3.8, 4) is 22.8 Å². The summed E-state index contributed by atoms with van der Waals surface area (Å²) in [6.07, 6.45) is 0. The van der Waals surface area contributed by atoms with Gasteiger partial charge < -0.3 is 13.5 Å². The Hall–Kier alpha value is -6.13. The summed E-state index contributed by atoms with van der Waals surface area (Å²) in [4.78, 5) is 15.5. The van der Waals surface area contributed by atoms with E-state index in [0.717, 1.165) is 88.1 Å². The van der Waals surface area contributed by atoms with Crippen molar-refractivity contribution >= 4 is 76.8 Å². The van der Waals surface area contributed by atoms with Crippen LogP contribution in [0, 0.1) is 26.0 Å². The summed E-state index contributed by atoms with van der Waals surface area (Å²) < 4.78 is 11.0. The number of fused-ring (bicyclic) bond motifs is 16. The first-order valence-electron chi connectivity index (χ1n) is 17.0. The molecule has 6 aromatic carbocycles. The van der Waals surface area contributed by atoms with Crippen LogP contribution in [0.15, 0.2) is 127 Å². The summed E-state index contributed by atoms with van der Waals surface area (Å²) in [6.45, 7) is 4.28. The van der Waals surface area contributed by atoms with E-state index in [1.54, 1.807) is 0 Å². The van der Waals surface area contributed by atoms with Gasteiger partial charge in [-0.15, -0.1) is 12.1 Å².